The van der Waals surface area contributed by atoms with Crippen LogP contribution in [0.2, 0.25) is 0 Å². The number of thiophene rings is 1. The summed E-state index contributed by atoms with van der Waals surface area (Å²) in [6.07, 6.45) is 1.21. The molecule has 0 bridgehead atoms. The molecule has 4 N–H and O–H groups in total. The molecular formula is C20H18N6O5S2. The van der Waals surface area contributed by atoms with Gasteiger partial charge in [-0.1, -0.05) is 0 Å². The summed E-state index contributed by atoms with van der Waals surface area (Å²) in [6, 6.07) is 9.76. The molecule has 2 amide bonds. The lowest BCUT2D eigenvalue weighted by Crippen LogP contribution is -2.35. The predicted molar refractivity (Wildman–Crippen MR) is 126 cm³/mol. The summed E-state index contributed by atoms with van der Waals surface area (Å²) < 4.78 is 27.3. The Bertz CT molecular complexity index is 1590. The topological polar surface area (TPSA) is 155 Å². The smallest absolute Gasteiger partial charge is 0.334 e. The Morgan fingerprint density at radius 2 is 1.85 bits per heavy atom. The maximum atomic E-state index is 12.8. The van der Waals surface area contributed by atoms with E-state index in [9.17, 15) is 22.8 Å². The molecule has 0 saturated carbocycles. The molecule has 3 aromatic heterocycles. The van der Waals surface area contributed by atoms with Crippen LogP contribution in [0.1, 0.15) is 4.88 Å². The third kappa shape index (κ3) is 4.49. The number of aryl methyl sites for hydroxylation is 1. The molecule has 13 heteroatoms. The summed E-state index contributed by atoms with van der Waals surface area (Å²) >= 11 is 1.04. The second-order valence-electron chi connectivity index (χ2n) is 6.91. The Morgan fingerprint density at radius 1 is 1.09 bits per heavy atom. The number of amides is 2. The van der Waals surface area contributed by atoms with Crippen molar-refractivity contribution in [3.05, 3.63) is 74.4 Å². The first-order chi connectivity index (χ1) is 15.7. The van der Waals surface area contributed by atoms with Gasteiger partial charge in [0.05, 0.1) is 22.8 Å². The van der Waals surface area contributed by atoms with E-state index >= 15 is 0 Å². The number of aromatic nitrogens is 3. The predicted octanol–water partition coefficient (Wildman–Crippen LogP) is 2.00. The molecule has 0 aliphatic heterocycles. The fraction of sp³-hybridized carbons (Fsp3) is 0.100. The van der Waals surface area contributed by atoms with Crippen molar-refractivity contribution in [1.82, 2.24) is 19.3 Å². The number of H-pyrrole nitrogens is 1. The Kier molecular flexibility index (Phi) is 5.74. The summed E-state index contributed by atoms with van der Waals surface area (Å²) in [7, 11) is -2.29. The highest BCUT2D eigenvalue weighted by atomic mass is 32.2. The molecule has 0 atom stereocenters. The Morgan fingerprint density at radius 3 is 2.48 bits per heavy atom. The minimum Gasteiger partial charge on any atom is -0.388 e. The molecule has 0 fully saturated rings. The van der Waals surface area contributed by atoms with Crippen LogP contribution in [0.15, 0.2) is 62.5 Å². The van der Waals surface area contributed by atoms with Crippen molar-refractivity contribution in [2.24, 2.45) is 0 Å². The van der Waals surface area contributed by atoms with Gasteiger partial charge in [0.25, 0.3) is 15.6 Å². The maximum Gasteiger partial charge on any atom is 0.334 e. The first kappa shape index (κ1) is 22.2. The summed E-state index contributed by atoms with van der Waals surface area (Å²) in [5.74, 6) is 0.0356. The van der Waals surface area contributed by atoms with Crippen LogP contribution in [-0.4, -0.2) is 36.0 Å². The van der Waals surface area contributed by atoms with E-state index in [1.54, 1.807) is 38.2 Å². The molecule has 3 heterocycles. The molecule has 0 aliphatic carbocycles. The number of nitrogens with one attached hydrogen (secondary N) is 4. The van der Waals surface area contributed by atoms with Gasteiger partial charge in [-0.3, -0.25) is 4.79 Å². The number of hydrogen-bond acceptors (Lipinski definition) is 8. The zero-order valence-electron chi connectivity index (χ0n) is 17.4. The van der Waals surface area contributed by atoms with E-state index in [2.05, 4.69) is 20.6 Å². The number of pyridine rings is 1. The van der Waals surface area contributed by atoms with E-state index in [1.165, 1.54) is 24.4 Å². The van der Waals surface area contributed by atoms with Crippen LogP contribution in [0.3, 0.4) is 0 Å². The van der Waals surface area contributed by atoms with Crippen molar-refractivity contribution in [2.75, 3.05) is 17.7 Å². The first-order valence-corrected chi connectivity index (χ1v) is 11.8. The summed E-state index contributed by atoms with van der Waals surface area (Å²) in [6.45, 7) is 1.75. The summed E-state index contributed by atoms with van der Waals surface area (Å²) in [5.41, 5.74) is 0.0463. The van der Waals surface area contributed by atoms with Crippen molar-refractivity contribution in [3.63, 3.8) is 0 Å². The number of carbonyl (C=O) groups excluding carboxylic acids is 1. The van der Waals surface area contributed by atoms with Crippen LogP contribution in [0.4, 0.5) is 16.2 Å². The monoisotopic (exact) mass is 486 g/mol. The molecule has 11 nitrogen and oxygen atoms in total. The van der Waals surface area contributed by atoms with Crippen LogP contribution in [0, 0.1) is 6.92 Å². The van der Waals surface area contributed by atoms with Crippen molar-refractivity contribution >= 4 is 49.7 Å². The second-order valence-corrected chi connectivity index (χ2v) is 10.1. The van der Waals surface area contributed by atoms with Gasteiger partial charge in [-0.05, 0) is 49.4 Å². The van der Waals surface area contributed by atoms with E-state index in [0.29, 0.717) is 10.9 Å². The third-order valence-corrected chi connectivity index (χ3v) is 7.45. The number of sulfonamides is 1. The van der Waals surface area contributed by atoms with Crippen molar-refractivity contribution < 1.29 is 13.2 Å². The molecule has 0 aliphatic rings. The standard InChI is InChI=1S/C20H18N6O5S2/c1-11-3-8-17(32-11)33(30,31)25-19(28)23-13-5-7-16(22-10-13)26-18(27)14-6-4-12(21-2)9-15(14)24-20(26)29/h3-10,21H,1-2H3,(H,24,29)(H2,23,25,28). The lowest BCUT2D eigenvalue weighted by Gasteiger charge is -2.09. The van der Waals surface area contributed by atoms with Crippen LogP contribution >= 0.6 is 11.3 Å². The summed E-state index contributed by atoms with van der Waals surface area (Å²) in [5, 5.41) is 5.59. The third-order valence-electron chi connectivity index (χ3n) is 4.63. The summed E-state index contributed by atoms with van der Waals surface area (Å²) in [4.78, 5) is 45.0. The fourth-order valence-corrected chi connectivity index (χ4v) is 5.25. The van der Waals surface area contributed by atoms with Crippen LogP contribution in [0.5, 0.6) is 0 Å². The first-order valence-electron chi connectivity index (χ1n) is 9.51. The van der Waals surface area contributed by atoms with E-state index < -0.39 is 27.3 Å². The molecule has 4 aromatic rings. The number of aromatic amines is 1. The molecule has 0 spiro atoms. The zero-order chi connectivity index (χ0) is 23.8. The number of rotatable bonds is 5. The molecule has 33 heavy (non-hydrogen) atoms. The number of urea groups is 1. The Balaban J connectivity index is 1.56. The minimum atomic E-state index is -4.01. The lowest BCUT2D eigenvalue weighted by atomic mass is 10.2. The average Bonchev–Trinajstić information content (AvgIpc) is 3.21. The minimum absolute atomic E-state index is 0.0142. The van der Waals surface area contributed by atoms with Crippen molar-refractivity contribution in [1.29, 1.82) is 0 Å². The second kappa shape index (κ2) is 8.52. The molecule has 0 radical (unpaired) electrons. The van der Waals surface area contributed by atoms with E-state index in [0.717, 1.165) is 26.5 Å². The van der Waals surface area contributed by atoms with E-state index in [1.807, 2.05) is 4.72 Å². The van der Waals surface area contributed by atoms with Gasteiger partial charge in [0, 0.05) is 17.6 Å². The molecule has 1 aromatic carbocycles. The van der Waals surface area contributed by atoms with Gasteiger partial charge in [0.2, 0.25) is 0 Å². The maximum absolute atomic E-state index is 12.8. The molecule has 0 saturated heterocycles. The number of benzene rings is 1. The number of hydrogen-bond donors (Lipinski definition) is 4. The highest BCUT2D eigenvalue weighted by Crippen LogP contribution is 2.20. The molecule has 0 unspecified atom stereocenters. The van der Waals surface area contributed by atoms with Gasteiger partial charge >= 0.3 is 11.7 Å². The highest BCUT2D eigenvalue weighted by Gasteiger charge is 2.19. The quantitative estimate of drug-likeness (QED) is 0.336. The number of anilines is 2. The van der Waals surface area contributed by atoms with Crippen LogP contribution in [0.25, 0.3) is 16.7 Å². The van der Waals surface area contributed by atoms with Crippen LogP contribution < -0.4 is 26.6 Å². The van der Waals surface area contributed by atoms with Crippen molar-refractivity contribution in [3.8, 4) is 5.82 Å². The number of nitrogens with zero attached hydrogens (tertiary/aromatic N) is 2. The Hall–Kier alpha value is -3.97. The van der Waals surface area contributed by atoms with Crippen molar-refractivity contribution in [2.45, 2.75) is 11.1 Å². The number of carbonyl (C=O) groups is 1. The number of fused-ring (bicyclic) bond motifs is 1. The van der Waals surface area contributed by atoms with E-state index in [-0.39, 0.29) is 15.7 Å². The van der Waals surface area contributed by atoms with Crippen LogP contribution in [-0.2, 0) is 10.0 Å². The Labute approximate surface area is 191 Å². The average molecular weight is 487 g/mol. The van der Waals surface area contributed by atoms with Gasteiger partial charge in [0.1, 0.15) is 10.0 Å². The van der Waals surface area contributed by atoms with Gasteiger partial charge in [-0.2, -0.15) is 0 Å². The molecular weight excluding hydrogens is 468 g/mol. The largest absolute Gasteiger partial charge is 0.388 e. The molecule has 4 rings (SSSR count). The SMILES string of the molecule is CNc1ccc2c(=O)n(-c3ccc(NC(=O)NS(=O)(=O)c4ccc(C)s4)cn3)c(=O)[nH]c2c1. The van der Waals surface area contributed by atoms with Gasteiger partial charge in [-0.15, -0.1) is 11.3 Å². The zero-order valence-corrected chi connectivity index (χ0v) is 19.0. The van der Waals surface area contributed by atoms with Gasteiger partial charge in [-0.25, -0.2) is 32.3 Å². The van der Waals surface area contributed by atoms with Gasteiger partial charge < -0.3 is 15.6 Å². The van der Waals surface area contributed by atoms with E-state index in [4.69, 9.17) is 0 Å². The fourth-order valence-electron chi connectivity index (χ4n) is 3.06. The van der Waals surface area contributed by atoms with Gasteiger partial charge in [0.15, 0.2) is 0 Å². The highest BCUT2D eigenvalue weighted by molar-refractivity contribution is 7.92. The lowest BCUT2D eigenvalue weighted by molar-refractivity contribution is 0.256. The normalized spacial score (nSPS) is 11.3. The molecule has 170 valence electrons.